The lowest BCUT2D eigenvalue weighted by Crippen LogP contribution is -2.34. The summed E-state index contributed by atoms with van der Waals surface area (Å²) < 4.78 is 41.9. The summed E-state index contributed by atoms with van der Waals surface area (Å²) in [4.78, 5) is 34.4. The van der Waals surface area contributed by atoms with Gasteiger partial charge < -0.3 is 15.4 Å². The number of alkyl halides is 3. The molecule has 0 aliphatic heterocycles. The van der Waals surface area contributed by atoms with Gasteiger partial charge in [-0.1, -0.05) is 0 Å². The number of ether oxygens (including phenoxy) is 1. The third-order valence-corrected chi connectivity index (χ3v) is 3.17. The van der Waals surface area contributed by atoms with Crippen LogP contribution in [0.3, 0.4) is 0 Å². The third kappa shape index (κ3) is 5.56. The third-order valence-electron chi connectivity index (χ3n) is 3.17. The molecule has 1 aromatic carbocycles. The Balaban J connectivity index is 1.73. The quantitative estimate of drug-likeness (QED) is 0.761. The number of halogens is 3. The molecular weight excluding hydrogens is 329 g/mol. The number of esters is 1. The summed E-state index contributed by atoms with van der Waals surface area (Å²) in [5.41, 5.74) is -0.901. The summed E-state index contributed by atoms with van der Waals surface area (Å²) in [6.07, 6.45) is -2.68. The molecular formula is C15H15F3N2O4. The first-order valence-corrected chi connectivity index (χ1v) is 7.16. The number of carbonyl (C=O) groups excluding carboxylic acids is 3. The zero-order valence-electron chi connectivity index (χ0n) is 12.5. The van der Waals surface area contributed by atoms with Gasteiger partial charge in [-0.15, -0.1) is 0 Å². The van der Waals surface area contributed by atoms with Crippen molar-refractivity contribution in [3.05, 3.63) is 35.4 Å². The van der Waals surface area contributed by atoms with Gasteiger partial charge in [0.2, 0.25) is 0 Å². The molecule has 0 heterocycles. The lowest BCUT2D eigenvalue weighted by Gasteiger charge is -2.08. The highest BCUT2D eigenvalue weighted by atomic mass is 19.4. The van der Waals surface area contributed by atoms with Crippen molar-refractivity contribution >= 4 is 17.8 Å². The molecule has 9 heteroatoms. The van der Waals surface area contributed by atoms with E-state index >= 15 is 0 Å². The number of amides is 2. The molecule has 2 N–H and O–H groups in total. The molecule has 1 saturated carbocycles. The van der Waals surface area contributed by atoms with Crippen LogP contribution in [0.1, 0.15) is 28.8 Å². The Kier molecular flexibility index (Phi) is 5.42. The molecule has 130 valence electrons. The zero-order valence-corrected chi connectivity index (χ0v) is 12.5. The first-order chi connectivity index (χ1) is 11.3. The summed E-state index contributed by atoms with van der Waals surface area (Å²) in [5.74, 6) is -1.95. The highest BCUT2D eigenvalue weighted by Crippen LogP contribution is 2.29. The lowest BCUT2D eigenvalue weighted by molar-refractivity contribution is -0.147. The van der Waals surface area contributed by atoms with Gasteiger partial charge in [-0.3, -0.25) is 14.4 Å². The van der Waals surface area contributed by atoms with E-state index in [1.807, 2.05) is 0 Å². The van der Waals surface area contributed by atoms with Gasteiger partial charge in [-0.2, -0.15) is 13.2 Å². The predicted molar refractivity (Wildman–Crippen MR) is 75.9 cm³/mol. The smallest absolute Gasteiger partial charge is 0.416 e. The van der Waals surface area contributed by atoms with Crippen LogP contribution >= 0.6 is 0 Å². The first kappa shape index (κ1) is 17.8. The summed E-state index contributed by atoms with van der Waals surface area (Å²) in [5, 5.41) is 4.83. The van der Waals surface area contributed by atoms with Crippen molar-refractivity contribution in [3.8, 4) is 0 Å². The number of benzene rings is 1. The fourth-order valence-electron chi connectivity index (χ4n) is 1.76. The van der Waals surface area contributed by atoms with Crippen LogP contribution in [0.15, 0.2) is 24.3 Å². The molecule has 6 nitrogen and oxygen atoms in total. The Bertz CT molecular complexity index is 625. The number of carbonyl (C=O) groups is 3. The van der Waals surface area contributed by atoms with Gasteiger partial charge in [0.15, 0.2) is 6.61 Å². The average molecular weight is 344 g/mol. The van der Waals surface area contributed by atoms with E-state index in [1.165, 1.54) is 0 Å². The van der Waals surface area contributed by atoms with Crippen LogP contribution in [0.2, 0.25) is 0 Å². The van der Waals surface area contributed by atoms with E-state index in [9.17, 15) is 27.6 Å². The average Bonchev–Trinajstić information content (AvgIpc) is 3.33. The monoisotopic (exact) mass is 344 g/mol. The van der Waals surface area contributed by atoms with E-state index in [4.69, 9.17) is 0 Å². The van der Waals surface area contributed by atoms with Gasteiger partial charge >= 0.3 is 12.1 Å². The van der Waals surface area contributed by atoms with Gasteiger partial charge in [0, 0.05) is 11.6 Å². The van der Waals surface area contributed by atoms with Crippen molar-refractivity contribution in [3.63, 3.8) is 0 Å². The largest absolute Gasteiger partial charge is 0.454 e. The van der Waals surface area contributed by atoms with E-state index in [0.29, 0.717) is 0 Å². The molecule has 1 aliphatic rings. The molecule has 0 aromatic heterocycles. The topological polar surface area (TPSA) is 84.5 Å². The summed E-state index contributed by atoms with van der Waals surface area (Å²) in [6.45, 7) is -0.929. The summed E-state index contributed by atoms with van der Waals surface area (Å²) in [7, 11) is 0. The molecule has 2 rings (SSSR count). The van der Waals surface area contributed by atoms with E-state index in [1.54, 1.807) is 0 Å². The second kappa shape index (κ2) is 7.33. The molecule has 0 atom stereocenters. The van der Waals surface area contributed by atoms with Gasteiger partial charge in [0.25, 0.3) is 11.8 Å². The Hall–Kier alpha value is -2.58. The fourth-order valence-corrected chi connectivity index (χ4v) is 1.76. The van der Waals surface area contributed by atoms with E-state index < -0.39 is 42.7 Å². The zero-order chi connectivity index (χ0) is 17.7. The van der Waals surface area contributed by atoms with E-state index in [0.717, 1.165) is 37.1 Å². The van der Waals surface area contributed by atoms with Crippen molar-refractivity contribution < 1.29 is 32.3 Å². The van der Waals surface area contributed by atoms with Gasteiger partial charge in [-0.05, 0) is 37.1 Å². The minimum absolute atomic E-state index is 0.0257. The molecule has 0 bridgehead atoms. The molecule has 1 fully saturated rings. The van der Waals surface area contributed by atoms with Crippen molar-refractivity contribution in [1.29, 1.82) is 0 Å². The molecule has 1 aliphatic carbocycles. The standard InChI is InChI=1S/C15H15F3N2O4/c16-15(17,18)10-3-1-9(2-4-10)14(23)19-7-13(22)24-8-12(21)20-11-5-6-11/h1-4,11H,5-8H2,(H,19,23)(H,20,21). The SMILES string of the molecule is O=C(COC(=O)CNC(=O)c1ccc(C(F)(F)F)cc1)NC1CC1. The van der Waals surface area contributed by atoms with Gasteiger partial charge in [0.1, 0.15) is 6.54 Å². The van der Waals surface area contributed by atoms with Crippen LogP contribution in [0.5, 0.6) is 0 Å². The highest BCUT2D eigenvalue weighted by Gasteiger charge is 2.30. The maximum atomic E-state index is 12.4. The molecule has 0 unspecified atom stereocenters. The summed E-state index contributed by atoms with van der Waals surface area (Å²) in [6, 6.07) is 3.71. The van der Waals surface area contributed by atoms with Crippen LogP contribution in [0, 0.1) is 0 Å². The Morgan fingerprint density at radius 1 is 1.12 bits per heavy atom. The maximum Gasteiger partial charge on any atom is 0.416 e. The van der Waals surface area contributed by atoms with Gasteiger partial charge in [0.05, 0.1) is 5.56 Å². The molecule has 2 amide bonds. The van der Waals surface area contributed by atoms with Crippen LogP contribution in [-0.4, -0.2) is 37.0 Å². The molecule has 0 saturated heterocycles. The Labute approximate surface area is 135 Å². The lowest BCUT2D eigenvalue weighted by atomic mass is 10.1. The van der Waals surface area contributed by atoms with Crippen LogP contribution < -0.4 is 10.6 Å². The van der Waals surface area contributed by atoms with E-state index in [-0.39, 0.29) is 11.6 Å². The van der Waals surface area contributed by atoms with Gasteiger partial charge in [-0.25, -0.2) is 0 Å². The molecule has 0 spiro atoms. The van der Waals surface area contributed by atoms with Crippen LogP contribution in [0.25, 0.3) is 0 Å². The predicted octanol–water partition coefficient (Wildman–Crippen LogP) is 1.26. The molecule has 1 aromatic rings. The van der Waals surface area contributed by atoms with E-state index in [2.05, 4.69) is 15.4 Å². The first-order valence-electron chi connectivity index (χ1n) is 7.16. The van der Waals surface area contributed by atoms with Crippen molar-refractivity contribution in [2.75, 3.05) is 13.2 Å². The van der Waals surface area contributed by atoms with Crippen molar-refractivity contribution in [1.82, 2.24) is 10.6 Å². The molecule has 0 radical (unpaired) electrons. The Morgan fingerprint density at radius 3 is 2.29 bits per heavy atom. The molecule has 24 heavy (non-hydrogen) atoms. The number of hydrogen-bond acceptors (Lipinski definition) is 4. The van der Waals surface area contributed by atoms with Crippen LogP contribution in [0.4, 0.5) is 13.2 Å². The minimum atomic E-state index is -4.49. The minimum Gasteiger partial charge on any atom is -0.454 e. The second-order valence-electron chi connectivity index (χ2n) is 5.26. The Morgan fingerprint density at radius 2 is 1.75 bits per heavy atom. The van der Waals surface area contributed by atoms with Crippen molar-refractivity contribution in [2.45, 2.75) is 25.1 Å². The van der Waals surface area contributed by atoms with Crippen LogP contribution in [-0.2, 0) is 20.5 Å². The summed E-state index contributed by atoms with van der Waals surface area (Å²) >= 11 is 0. The highest BCUT2D eigenvalue weighted by molar-refractivity contribution is 5.96. The second-order valence-corrected chi connectivity index (χ2v) is 5.26. The maximum absolute atomic E-state index is 12.4. The number of hydrogen-bond donors (Lipinski definition) is 2. The number of rotatable bonds is 6. The number of nitrogens with one attached hydrogen (secondary N) is 2. The normalized spacial score (nSPS) is 14.0. The van der Waals surface area contributed by atoms with Crippen molar-refractivity contribution in [2.24, 2.45) is 0 Å². The fraction of sp³-hybridized carbons (Fsp3) is 0.400.